The van der Waals surface area contributed by atoms with Crippen LogP contribution >= 0.6 is 0 Å². The van der Waals surface area contributed by atoms with Gasteiger partial charge in [-0.1, -0.05) is 42.5 Å². The molecule has 0 aliphatic carbocycles. The quantitative estimate of drug-likeness (QED) is 0.645. The molecule has 23 heavy (non-hydrogen) atoms. The summed E-state index contributed by atoms with van der Waals surface area (Å²) in [5, 5.41) is 1.24. The molecule has 0 saturated heterocycles. The lowest BCUT2D eigenvalue weighted by atomic mass is 10.2. The Kier molecular flexibility index (Phi) is 4.57. The van der Waals surface area contributed by atoms with E-state index in [1.165, 1.54) is 10.9 Å². The average Bonchev–Trinajstić information content (AvgIpc) is 2.91. The van der Waals surface area contributed by atoms with E-state index in [1.54, 1.807) is 7.11 Å². The number of rotatable bonds is 5. The van der Waals surface area contributed by atoms with E-state index in [4.69, 9.17) is 4.74 Å². The summed E-state index contributed by atoms with van der Waals surface area (Å²) in [7, 11) is 3.74. The first kappa shape index (κ1) is 15.1. The van der Waals surface area contributed by atoms with Crippen LogP contribution in [0.4, 0.5) is 0 Å². The van der Waals surface area contributed by atoms with Crippen molar-refractivity contribution in [2.75, 3.05) is 13.7 Å². The number of ether oxygens (including phenoxy) is 1. The molecule has 1 aromatic heterocycles. The lowest BCUT2D eigenvalue weighted by Gasteiger charge is -1.99. The van der Waals surface area contributed by atoms with Crippen LogP contribution in [0.25, 0.3) is 17.0 Å². The van der Waals surface area contributed by atoms with Gasteiger partial charge in [-0.2, -0.15) is 0 Å². The van der Waals surface area contributed by atoms with Crippen molar-refractivity contribution in [2.24, 2.45) is 12.0 Å². The fraction of sp³-hybridized carbons (Fsp3) is 0.150. The molecule has 0 radical (unpaired) electrons. The molecule has 3 aromatic rings. The number of para-hydroxylation sites is 1. The SMILES string of the molecule is COc1cccc(/C=C/CN=Cc2cc3ccccc3n2C)c1. The summed E-state index contributed by atoms with van der Waals surface area (Å²) in [6.07, 6.45) is 6.03. The second-order valence-corrected chi connectivity index (χ2v) is 5.36. The third kappa shape index (κ3) is 3.51. The van der Waals surface area contributed by atoms with Gasteiger partial charge in [0.2, 0.25) is 0 Å². The Labute approximate surface area is 136 Å². The molecular weight excluding hydrogens is 284 g/mol. The standard InChI is InChI=1S/C20H20N2O/c1-22-18(14-17-9-3-4-11-20(17)22)15-21-12-6-8-16-7-5-10-19(13-16)23-2/h3-11,13-15H,12H2,1-2H3/b8-6+,21-15?. The van der Waals surface area contributed by atoms with Crippen LogP contribution in [0.5, 0.6) is 5.75 Å². The molecule has 0 bridgehead atoms. The fourth-order valence-corrected chi connectivity index (χ4v) is 2.58. The average molecular weight is 304 g/mol. The first-order chi connectivity index (χ1) is 11.3. The van der Waals surface area contributed by atoms with Crippen molar-refractivity contribution in [3.05, 3.63) is 71.9 Å². The molecule has 0 N–H and O–H groups in total. The molecule has 0 amide bonds. The number of methoxy groups -OCH3 is 1. The lowest BCUT2D eigenvalue weighted by molar-refractivity contribution is 0.414. The zero-order valence-corrected chi connectivity index (χ0v) is 13.4. The molecule has 1 heterocycles. The van der Waals surface area contributed by atoms with E-state index in [-0.39, 0.29) is 0 Å². The molecule has 116 valence electrons. The fourth-order valence-electron chi connectivity index (χ4n) is 2.58. The van der Waals surface area contributed by atoms with Crippen LogP contribution in [-0.2, 0) is 7.05 Å². The van der Waals surface area contributed by atoms with Crippen molar-refractivity contribution in [2.45, 2.75) is 0 Å². The highest BCUT2D eigenvalue weighted by molar-refractivity contribution is 5.90. The highest BCUT2D eigenvalue weighted by Gasteiger charge is 2.01. The summed E-state index contributed by atoms with van der Waals surface area (Å²) < 4.78 is 7.37. The van der Waals surface area contributed by atoms with Crippen LogP contribution < -0.4 is 4.74 Å². The van der Waals surface area contributed by atoms with Gasteiger partial charge < -0.3 is 9.30 Å². The zero-order chi connectivity index (χ0) is 16.1. The second kappa shape index (κ2) is 6.97. The maximum atomic E-state index is 5.22. The maximum Gasteiger partial charge on any atom is 0.119 e. The predicted molar refractivity (Wildman–Crippen MR) is 97.4 cm³/mol. The number of aliphatic imine (C=N–C) groups is 1. The Morgan fingerprint density at radius 2 is 1.96 bits per heavy atom. The summed E-state index contributed by atoms with van der Waals surface area (Å²) in [6.45, 7) is 0.652. The molecule has 3 rings (SSSR count). The van der Waals surface area contributed by atoms with Crippen LogP contribution in [0, 0.1) is 0 Å². The molecule has 0 atom stereocenters. The monoisotopic (exact) mass is 304 g/mol. The van der Waals surface area contributed by atoms with Gasteiger partial charge in [0.1, 0.15) is 5.75 Å². The van der Waals surface area contributed by atoms with Gasteiger partial charge >= 0.3 is 0 Å². The predicted octanol–water partition coefficient (Wildman–Crippen LogP) is 4.32. The molecule has 0 saturated carbocycles. The molecule has 0 unspecified atom stereocenters. The topological polar surface area (TPSA) is 26.5 Å². The van der Waals surface area contributed by atoms with Gasteiger partial charge in [-0.15, -0.1) is 0 Å². The van der Waals surface area contributed by atoms with E-state index in [9.17, 15) is 0 Å². The van der Waals surface area contributed by atoms with E-state index in [2.05, 4.69) is 53.0 Å². The van der Waals surface area contributed by atoms with Gasteiger partial charge in [0.05, 0.1) is 19.3 Å². The van der Waals surface area contributed by atoms with Crippen molar-refractivity contribution in [1.29, 1.82) is 0 Å². The number of hydrogen-bond acceptors (Lipinski definition) is 2. The molecule has 2 aromatic carbocycles. The van der Waals surface area contributed by atoms with Crippen LogP contribution in [0.15, 0.2) is 65.7 Å². The summed E-state index contributed by atoms with van der Waals surface area (Å²) in [6, 6.07) is 18.5. The molecule has 0 aliphatic heterocycles. The highest BCUT2D eigenvalue weighted by Crippen LogP contribution is 2.17. The van der Waals surface area contributed by atoms with Crippen LogP contribution in [0.1, 0.15) is 11.3 Å². The Morgan fingerprint density at radius 3 is 2.78 bits per heavy atom. The Morgan fingerprint density at radius 1 is 1.09 bits per heavy atom. The first-order valence-corrected chi connectivity index (χ1v) is 7.63. The lowest BCUT2D eigenvalue weighted by Crippen LogP contribution is -1.94. The minimum Gasteiger partial charge on any atom is -0.497 e. The number of benzene rings is 2. The number of hydrogen-bond donors (Lipinski definition) is 0. The summed E-state index contributed by atoms with van der Waals surface area (Å²) >= 11 is 0. The Balaban J connectivity index is 1.66. The highest BCUT2D eigenvalue weighted by atomic mass is 16.5. The van der Waals surface area contributed by atoms with Gasteiger partial charge in [0.25, 0.3) is 0 Å². The molecule has 3 heteroatoms. The van der Waals surface area contributed by atoms with Crippen molar-refractivity contribution in [1.82, 2.24) is 4.57 Å². The Hall–Kier alpha value is -2.81. The second-order valence-electron chi connectivity index (χ2n) is 5.36. The van der Waals surface area contributed by atoms with Gasteiger partial charge in [-0.25, -0.2) is 0 Å². The van der Waals surface area contributed by atoms with E-state index < -0.39 is 0 Å². The van der Waals surface area contributed by atoms with Crippen molar-refractivity contribution in [3.8, 4) is 5.75 Å². The van der Waals surface area contributed by atoms with Crippen LogP contribution in [-0.4, -0.2) is 24.4 Å². The number of fused-ring (bicyclic) bond motifs is 1. The summed E-state index contributed by atoms with van der Waals surface area (Å²) in [4.78, 5) is 4.49. The number of nitrogens with zero attached hydrogens (tertiary/aromatic N) is 2. The van der Waals surface area contributed by atoms with Gasteiger partial charge in [-0.05, 0) is 29.8 Å². The molecule has 3 nitrogen and oxygen atoms in total. The first-order valence-electron chi connectivity index (χ1n) is 7.63. The largest absolute Gasteiger partial charge is 0.497 e. The van der Waals surface area contributed by atoms with Crippen molar-refractivity contribution < 1.29 is 4.74 Å². The van der Waals surface area contributed by atoms with E-state index in [0.29, 0.717) is 6.54 Å². The van der Waals surface area contributed by atoms with Crippen molar-refractivity contribution >= 4 is 23.2 Å². The smallest absolute Gasteiger partial charge is 0.119 e. The van der Waals surface area contributed by atoms with Crippen molar-refractivity contribution in [3.63, 3.8) is 0 Å². The summed E-state index contributed by atoms with van der Waals surface area (Å²) in [5.74, 6) is 0.867. The molecular formula is C20H20N2O. The number of aryl methyl sites for hydroxylation is 1. The Bertz CT molecular complexity index is 859. The van der Waals surface area contributed by atoms with E-state index in [0.717, 1.165) is 17.0 Å². The van der Waals surface area contributed by atoms with Gasteiger partial charge in [0.15, 0.2) is 0 Å². The van der Waals surface area contributed by atoms with E-state index in [1.807, 2.05) is 36.6 Å². The third-order valence-corrected chi connectivity index (χ3v) is 3.83. The normalized spacial score (nSPS) is 11.7. The summed E-state index contributed by atoms with van der Waals surface area (Å²) in [5.41, 5.74) is 3.45. The maximum absolute atomic E-state index is 5.22. The third-order valence-electron chi connectivity index (χ3n) is 3.83. The van der Waals surface area contributed by atoms with Gasteiger partial charge in [0, 0.05) is 24.2 Å². The minimum atomic E-state index is 0.652. The molecule has 0 spiro atoms. The molecule has 0 fully saturated rings. The van der Waals surface area contributed by atoms with E-state index >= 15 is 0 Å². The zero-order valence-electron chi connectivity index (χ0n) is 13.4. The van der Waals surface area contributed by atoms with Crippen LogP contribution in [0.2, 0.25) is 0 Å². The number of aromatic nitrogens is 1. The molecule has 0 aliphatic rings. The van der Waals surface area contributed by atoms with Gasteiger partial charge in [-0.3, -0.25) is 4.99 Å². The minimum absolute atomic E-state index is 0.652. The van der Waals surface area contributed by atoms with Crippen LogP contribution in [0.3, 0.4) is 0 Å².